The summed E-state index contributed by atoms with van der Waals surface area (Å²) in [5, 5.41) is 5.81. The molecular weight excluding hydrogens is 288 g/mol. The van der Waals surface area contributed by atoms with Crippen LogP contribution in [-0.4, -0.2) is 23.3 Å². The van der Waals surface area contributed by atoms with Crippen LogP contribution in [0.4, 0.5) is 10.8 Å². The van der Waals surface area contributed by atoms with Crippen molar-refractivity contribution in [1.29, 1.82) is 0 Å². The molecule has 0 fully saturated rings. The minimum absolute atomic E-state index is 0.174. The van der Waals surface area contributed by atoms with Crippen LogP contribution >= 0.6 is 11.3 Å². The molecule has 7 heteroatoms. The number of carbonyl (C=O) groups is 2. The van der Waals surface area contributed by atoms with Crippen LogP contribution in [0.3, 0.4) is 0 Å². The number of nitrogens with two attached hydrogens (primary N) is 1. The van der Waals surface area contributed by atoms with Crippen molar-refractivity contribution in [2.45, 2.75) is 13.8 Å². The van der Waals surface area contributed by atoms with Crippen LogP contribution in [0.1, 0.15) is 32.6 Å². The predicted octanol–water partition coefficient (Wildman–Crippen LogP) is 2.04. The van der Waals surface area contributed by atoms with Gasteiger partial charge in [-0.15, -0.1) is 0 Å². The molecule has 2 aromatic rings. The SMILES string of the molecule is CCNC(=O)c1cccc(NC(=O)c2sc(N)nc2C)c1. The summed E-state index contributed by atoms with van der Waals surface area (Å²) >= 11 is 1.14. The molecule has 0 saturated heterocycles. The number of aromatic nitrogens is 1. The van der Waals surface area contributed by atoms with Gasteiger partial charge in [0.25, 0.3) is 11.8 Å². The third-order valence-corrected chi connectivity index (χ3v) is 3.72. The fourth-order valence-corrected chi connectivity index (χ4v) is 2.55. The highest BCUT2D eigenvalue weighted by Gasteiger charge is 2.15. The van der Waals surface area contributed by atoms with E-state index in [9.17, 15) is 9.59 Å². The Morgan fingerprint density at radius 3 is 2.71 bits per heavy atom. The molecule has 1 heterocycles. The lowest BCUT2D eigenvalue weighted by Gasteiger charge is -2.07. The molecule has 0 aliphatic carbocycles. The van der Waals surface area contributed by atoms with E-state index in [4.69, 9.17) is 5.73 Å². The third kappa shape index (κ3) is 3.57. The molecule has 0 bridgehead atoms. The number of aryl methyl sites for hydroxylation is 1. The van der Waals surface area contributed by atoms with Crippen LogP contribution in [0, 0.1) is 6.92 Å². The van der Waals surface area contributed by atoms with Gasteiger partial charge in [0.2, 0.25) is 0 Å². The number of hydrogen-bond acceptors (Lipinski definition) is 5. The van der Waals surface area contributed by atoms with Crippen molar-refractivity contribution in [3.8, 4) is 0 Å². The van der Waals surface area contributed by atoms with Gasteiger partial charge in [0.15, 0.2) is 5.13 Å². The molecule has 1 aromatic carbocycles. The minimum atomic E-state index is -0.283. The van der Waals surface area contributed by atoms with E-state index in [2.05, 4.69) is 15.6 Å². The number of carbonyl (C=O) groups excluding carboxylic acids is 2. The van der Waals surface area contributed by atoms with Crippen molar-refractivity contribution < 1.29 is 9.59 Å². The van der Waals surface area contributed by atoms with Crippen molar-refractivity contribution in [2.75, 3.05) is 17.6 Å². The first-order valence-electron chi connectivity index (χ1n) is 6.43. The van der Waals surface area contributed by atoms with Crippen molar-refractivity contribution in [3.63, 3.8) is 0 Å². The maximum Gasteiger partial charge on any atom is 0.267 e. The third-order valence-electron chi connectivity index (χ3n) is 2.74. The number of amides is 2. The summed E-state index contributed by atoms with van der Waals surface area (Å²) in [6.45, 7) is 4.13. The molecule has 2 rings (SSSR count). The molecule has 21 heavy (non-hydrogen) atoms. The van der Waals surface area contributed by atoms with E-state index >= 15 is 0 Å². The Labute approximate surface area is 126 Å². The number of thiazole rings is 1. The molecule has 0 aliphatic heterocycles. The van der Waals surface area contributed by atoms with Gasteiger partial charge in [-0.25, -0.2) is 4.98 Å². The normalized spacial score (nSPS) is 10.2. The van der Waals surface area contributed by atoms with E-state index in [0.29, 0.717) is 33.5 Å². The average molecular weight is 304 g/mol. The first kappa shape index (κ1) is 15.0. The molecule has 110 valence electrons. The topological polar surface area (TPSA) is 97.1 Å². The standard InChI is InChI=1S/C14H16N4O2S/c1-3-16-12(19)9-5-4-6-10(7-9)18-13(20)11-8(2)17-14(15)21-11/h4-7H,3H2,1-2H3,(H2,15,17)(H,16,19)(H,18,20). The minimum Gasteiger partial charge on any atom is -0.375 e. The first-order chi connectivity index (χ1) is 10.0. The van der Waals surface area contributed by atoms with E-state index in [1.54, 1.807) is 31.2 Å². The molecule has 0 radical (unpaired) electrons. The zero-order chi connectivity index (χ0) is 15.4. The Bertz CT molecular complexity index is 681. The highest BCUT2D eigenvalue weighted by molar-refractivity contribution is 7.17. The second-order valence-corrected chi connectivity index (χ2v) is 5.39. The van der Waals surface area contributed by atoms with Crippen molar-refractivity contribution >= 4 is 34.0 Å². The van der Waals surface area contributed by atoms with E-state index in [1.165, 1.54) is 0 Å². The number of rotatable bonds is 4. The van der Waals surface area contributed by atoms with Crippen LogP contribution in [0.15, 0.2) is 24.3 Å². The number of nitrogens with one attached hydrogen (secondary N) is 2. The van der Waals surface area contributed by atoms with Crippen molar-refractivity contribution in [2.24, 2.45) is 0 Å². The molecule has 0 aliphatic rings. The average Bonchev–Trinajstić information content (AvgIpc) is 2.78. The quantitative estimate of drug-likeness (QED) is 0.805. The lowest BCUT2D eigenvalue weighted by molar-refractivity contribution is 0.0954. The second-order valence-electron chi connectivity index (χ2n) is 4.36. The summed E-state index contributed by atoms with van der Waals surface area (Å²) in [4.78, 5) is 28.4. The van der Waals surface area contributed by atoms with E-state index < -0.39 is 0 Å². The zero-order valence-corrected chi connectivity index (χ0v) is 12.6. The summed E-state index contributed by atoms with van der Waals surface area (Å²) in [7, 11) is 0. The summed E-state index contributed by atoms with van der Waals surface area (Å²) < 4.78 is 0. The van der Waals surface area contributed by atoms with Gasteiger partial charge in [0, 0.05) is 17.8 Å². The maximum atomic E-state index is 12.2. The van der Waals surface area contributed by atoms with Gasteiger partial charge < -0.3 is 16.4 Å². The first-order valence-corrected chi connectivity index (χ1v) is 7.25. The number of hydrogen-bond donors (Lipinski definition) is 3. The van der Waals surface area contributed by atoms with E-state index in [1.807, 2.05) is 6.92 Å². The molecule has 2 amide bonds. The molecule has 0 spiro atoms. The van der Waals surface area contributed by atoms with E-state index in [-0.39, 0.29) is 11.8 Å². The van der Waals surface area contributed by atoms with Gasteiger partial charge in [-0.2, -0.15) is 0 Å². The Morgan fingerprint density at radius 2 is 2.10 bits per heavy atom. The van der Waals surface area contributed by atoms with Crippen molar-refractivity contribution in [1.82, 2.24) is 10.3 Å². The monoisotopic (exact) mass is 304 g/mol. The Morgan fingerprint density at radius 1 is 1.33 bits per heavy atom. The molecule has 0 atom stereocenters. The molecule has 4 N–H and O–H groups in total. The number of benzene rings is 1. The fourth-order valence-electron chi connectivity index (χ4n) is 1.82. The lowest BCUT2D eigenvalue weighted by atomic mass is 10.2. The summed E-state index contributed by atoms with van der Waals surface area (Å²) in [5.74, 6) is -0.457. The van der Waals surface area contributed by atoms with E-state index in [0.717, 1.165) is 11.3 Å². The summed E-state index contributed by atoms with van der Waals surface area (Å²) in [6.07, 6.45) is 0. The second kappa shape index (κ2) is 6.36. The largest absolute Gasteiger partial charge is 0.375 e. The van der Waals surface area contributed by atoms with Gasteiger partial charge in [-0.05, 0) is 32.0 Å². The van der Waals surface area contributed by atoms with Crippen LogP contribution in [0.5, 0.6) is 0 Å². The number of anilines is 2. The molecule has 6 nitrogen and oxygen atoms in total. The fraction of sp³-hybridized carbons (Fsp3) is 0.214. The van der Waals surface area contributed by atoms with Gasteiger partial charge in [0.05, 0.1) is 5.69 Å². The summed E-state index contributed by atoms with van der Waals surface area (Å²) in [5.41, 5.74) is 7.22. The van der Waals surface area contributed by atoms with Gasteiger partial charge in [-0.1, -0.05) is 17.4 Å². The van der Waals surface area contributed by atoms with Crippen LogP contribution in [0.25, 0.3) is 0 Å². The van der Waals surface area contributed by atoms with Crippen LogP contribution < -0.4 is 16.4 Å². The summed E-state index contributed by atoms with van der Waals surface area (Å²) in [6, 6.07) is 6.76. The van der Waals surface area contributed by atoms with Crippen molar-refractivity contribution in [3.05, 3.63) is 40.4 Å². The molecular formula is C14H16N4O2S. The number of nitrogen functional groups attached to an aromatic ring is 1. The highest BCUT2D eigenvalue weighted by atomic mass is 32.1. The predicted molar refractivity (Wildman–Crippen MR) is 83.7 cm³/mol. The smallest absolute Gasteiger partial charge is 0.267 e. The Kier molecular flexibility index (Phi) is 4.54. The highest BCUT2D eigenvalue weighted by Crippen LogP contribution is 2.21. The van der Waals surface area contributed by atoms with Crippen LogP contribution in [-0.2, 0) is 0 Å². The maximum absolute atomic E-state index is 12.2. The lowest BCUT2D eigenvalue weighted by Crippen LogP contribution is -2.22. The van der Waals surface area contributed by atoms with Crippen LogP contribution in [0.2, 0.25) is 0 Å². The number of nitrogens with zero attached hydrogens (tertiary/aromatic N) is 1. The Hall–Kier alpha value is -2.41. The molecule has 0 saturated carbocycles. The van der Waals surface area contributed by atoms with Gasteiger partial charge >= 0.3 is 0 Å². The molecule has 1 aromatic heterocycles. The zero-order valence-electron chi connectivity index (χ0n) is 11.8. The van der Waals surface area contributed by atoms with Gasteiger partial charge in [0.1, 0.15) is 4.88 Å². The Balaban J connectivity index is 2.16. The van der Waals surface area contributed by atoms with Gasteiger partial charge in [-0.3, -0.25) is 9.59 Å². The molecule has 0 unspecified atom stereocenters.